The molecule has 2 aliphatic rings. The second-order valence-corrected chi connectivity index (χ2v) is 10.6. The summed E-state index contributed by atoms with van der Waals surface area (Å²) in [5.74, 6) is 0.649. The summed E-state index contributed by atoms with van der Waals surface area (Å²) in [7, 11) is 1.91. The van der Waals surface area contributed by atoms with Crippen LogP contribution in [-0.4, -0.2) is 54.5 Å². The number of likely N-dealkylation sites (tertiary alicyclic amines) is 1. The third kappa shape index (κ3) is 5.61. The van der Waals surface area contributed by atoms with Gasteiger partial charge in [-0.3, -0.25) is 9.69 Å². The number of benzene rings is 2. The summed E-state index contributed by atoms with van der Waals surface area (Å²) in [6, 6.07) is 15.6. The fourth-order valence-electron chi connectivity index (χ4n) is 5.44. The summed E-state index contributed by atoms with van der Waals surface area (Å²) in [4.78, 5) is 35.7. The molecule has 2 aliphatic heterocycles. The minimum absolute atomic E-state index is 0.0581. The number of aromatic nitrogens is 1. The van der Waals surface area contributed by atoms with Crippen molar-refractivity contribution in [3.05, 3.63) is 71.8 Å². The highest BCUT2D eigenvalue weighted by Crippen LogP contribution is 2.37. The maximum atomic E-state index is 13.8. The number of nitrogens with zero attached hydrogens (tertiary/aromatic N) is 4. The molecular formula is C30H32F3N5O2. The van der Waals surface area contributed by atoms with Gasteiger partial charge < -0.3 is 15.1 Å². The van der Waals surface area contributed by atoms with Crippen molar-refractivity contribution in [2.24, 2.45) is 0 Å². The lowest BCUT2D eigenvalue weighted by atomic mass is 9.98. The lowest BCUT2D eigenvalue weighted by molar-refractivity contribution is -0.137. The van der Waals surface area contributed by atoms with Crippen molar-refractivity contribution in [1.82, 2.24) is 9.88 Å². The van der Waals surface area contributed by atoms with Crippen molar-refractivity contribution < 1.29 is 22.8 Å². The van der Waals surface area contributed by atoms with Crippen molar-refractivity contribution in [3.63, 3.8) is 0 Å². The second-order valence-electron chi connectivity index (χ2n) is 10.6. The highest BCUT2D eigenvalue weighted by molar-refractivity contribution is 6.04. The average Bonchev–Trinajstić information content (AvgIpc) is 3.38. The second kappa shape index (κ2) is 10.8. The molecule has 1 saturated heterocycles. The van der Waals surface area contributed by atoms with E-state index in [-0.39, 0.29) is 23.9 Å². The number of fused-ring (bicyclic) bond motifs is 1. The zero-order valence-electron chi connectivity index (χ0n) is 22.7. The molecule has 10 heteroatoms. The maximum absolute atomic E-state index is 13.8. The van der Waals surface area contributed by atoms with Gasteiger partial charge in [-0.2, -0.15) is 13.2 Å². The van der Waals surface area contributed by atoms with Crippen molar-refractivity contribution in [2.45, 2.75) is 44.8 Å². The van der Waals surface area contributed by atoms with Crippen LogP contribution in [0.2, 0.25) is 0 Å². The van der Waals surface area contributed by atoms with Gasteiger partial charge in [0.1, 0.15) is 0 Å². The highest BCUT2D eigenvalue weighted by atomic mass is 19.4. The first kappa shape index (κ1) is 27.5. The number of nitrogens with one attached hydrogen (secondary N) is 1. The van der Waals surface area contributed by atoms with Crippen LogP contribution in [0, 0.1) is 0 Å². The Labute approximate surface area is 231 Å². The van der Waals surface area contributed by atoms with E-state index in [9.17, 15) is 22.8 Å². The summed E-state index contributed by atoms with van der Waals surface area (Å²) < 4.78 is 40.1. The normalized spacial score (nSPS) is 19.3. The number of hydrogen-bond acceptors (Lipinski definition) is 4. The van der Waals surface area contributed by atoms with Crippen molar-refractivity contribution >= 4 is 29.1 Å². The molecule has 0 aliphatic carbocycles. The first-order chi connectivity index (χ1) is 19.0. The monoisotopic (exact) mass is 551 g/mol. The predicted molar refractivity (Wildman–Crippen MR) is 150 cm³/mol. The molecule has 0 saturated carbocycles. The van der Waals surface area contributed by atoms with Crippen molar-refractivity contribution in [1.29, 1.82) is 0 Å². The Bertz CT molecular complexity index is 1430. The largest absolute Gasteiger partial charge is 0.416 e. The van der Waals surface area contributed by atoms with Gasteiger partial charge in [-0.15, -0.1) is 0 Å². The van der Waals surface area contributed by atoms with E-state index < -0.39 is 11.7 Å². The zero-order chi connectivity index (χ0) is 28.6. The van der Waals surface area contributed by atoms with Gasteiger partial charge in [-0.1, -0.05) is 24.3 Å². The first-order valence-corrected chi connectivity index (χ1v) is 13.4. The number of carbonyl (C=O) groups is 2. The van der Waals surface area contributed by atoms with Gasteiger partial charge in [-0.25, -0.2) is 9.78 Å². The molecule has 2 atom stereocenters. The molecule has 1 N–H and O–H groups in total. The first-order valence-electron chi connectivity index (χ1n) is 13.4. The maximum Gasteiger partial charge on any atom is 0.416 e. The van der Waals surface area contributed by atoms with E-state index in [1.54, 1.807) is 30.0 Å². The quantitative estimate of drug-likeness (QED) is 0.411. The summed E-state index contributed by atoms with van der Waals surface area (Å²) >= 11 is 0. The Hall–Kier alpha value is -4.08. The molecule has 40 heavy (non-hydrogen) atoms. The van der Waals surface area contributed by atoms with E-state index in [1.807, 2.05) is 48.0 Å². The van der Waals surface area contributed by atoms with Gasteiger partial charge in [-0.05, 0) is 61.7 Å². The van der Waals surface area contributed by atoms with Crippen molar-refractivity contribution in [3.8, 4) is 11.3 Å². The van der Waals surface area contributed by atoms with Crippen LogP contribution in [0.5, 0.6) is 0 Å². The van der Waals surface area contributed by atoms with Crippen LogP contribution >= 0.6 is 0 Å². The SMILES string of the molecule is CC(=O)N1CCC(c2cccc(NC(=O)N3c4nc(-c5cccc(C(F)(F)F)c5)ccc4N(C)CC[C@H]3C)c2)C1. The number of anilines is 3. The van der Waals surface area contributed by atoms with Crippen LogP contribution in [0.25, 0.3) is 11.3 Å². The molecule has 1 fully saturated rings. The smallest absolute Gasteiger partial charge is 0.372 e. The fourth-order valence-corrected chi connectivity index (χ4v) is 5.44. The van der Waals surface area contributed by atoms with Crippen LogP contribution in [-0.2, 0) is 11.0 Å². The molecule has 0 spiro atoms. The molecule has 2 aromatic carbocycles. The number of alkyl halides is 3. The van der Waals surface area contributed by atoms with Crippen molar-refractivity contribution in [2.75, 3.05) is 41.8 Å². The summed E-state index contributed by atoms with van der Waals surface area (Å²) in [5, 5.41) is 3.01. The number of pyridine rings is 1. The number of amides is 3. The Morgan fingerprint density at radius 2 is 1.77 bits per heavy atom. The fraction of sp³-hybridized carbons (Fsp3) is 0.367. The van der Waals surface area contributed by atoms with Gasteiger partial charge in [0.15, 0.2) is 5.82 Å². The van der Waals surface area contributed by atoms with Gasteiger partial charge in [0.25, 0.3) is 0 Å². The Morgan fingerprint density at radius 1 is 1.00 bits per heavy atom. The van der Waals surface area contributed by atoms with E-state index in [1.165, 1.54) is 6.07 Å². The topological polar surface area (TPSA) is 68.8 Å². The number of carbonyl (C=O) groups excluding carboxylic acids is 2. The van der Waals surface area contributed by atoms with Crippen LogP contribution in [0.4, 0.5) is 35.2 Å². The molecule has 7 nitrogen and oxygen atoms in total. The minimum atomic E-state index is -4.47. The molecule has 1 aromatic heterocycles. The van der Waals surface area contributed by atoms with E-state index >= 15 is 0 Å². The van der Waals surface area contributed by atoms with Crippen LogP contribution in [0.3, 0.4) is 0 Å². The Kier molecular flexibility index (Phi) is 7.44. The summed E-state index contributed by atoms with van der Waals surface area (Å²) in [6.45, 7) is 5.56. The number of hydrogen-bond donors (Lipinski definition) is 1. The van der Waals surface area contributed by atoms with Crippen LogP contribution in [0.1, 0.15) is 43.7 Å². The summed E-state index contributed by atoms with van der Waals surface area (Å²) in [5.41, 5.74) is 2.32. The molecule has 1 unspecified atom stereocenters. The molecular weight excluding hydrogens is 519 g/mol. The lowest BCUT2D eigenvalue weighted by Gasteiger charge is -2.28. The average molecular weight is 552 g/mol. The molecule has 3 aromatic rings. The van der Waals surface area contributed by atoms with Gasteiger partial charge in [0.05, 0.1) is 16.9 Å². The molecule has 5 rings (SSSR count). The third-order valence-electron chi connectivity index (χ3n) is 7.76. The van der Waals surface area contributed by atoms with Gasteiger partial charge in [0.2, 0.25) is 5.91 Å². The predicted octanol–water partition coefficient (Wildman–Crippen LogP) is 6.37. The number of urea groups is 1. The molecule has 3 heterocycles. The number of halogens is 3. The molecule has 0 radical (unpaired) electrons. The van der Waals surface area contributed by atoms with E-state index in [4.69, 9.17) is 4.98 Å². The lowest BCUT2D eigenvalue weighted by Crippen LogP contribution is -2.42. The Morgan fingerprint density at radius 3 is 2.50 bits per heavy atom. The van der Waals surface area contributed by atoms with Gasteiger partial charge >= 0.3 is 12.2 Å². The van der Waals surface area contributed by atoms with E-state index in [0.717, 1.165) is 29.8 Å². The third-order valence-corrected chi connectivity index (χ3v) is 7.76. The standard InChI is InChI=1S/C30H32F3N5O2/c1-19-12-14-36(3)27-11-10-26(22-7-4-8-24(16-22)30(31,32)33)35-28(27)38(19)29(40)34-25-9-5-6-21(17-25)23-13-15-37(18-23)20(2)39/h4-11,16-17,19,23H,12-15,18H2,1-3H3,(H,34,40)/t19-,23?/m1/s1. The molecule has 3 amide bonds. The highest BCUT2D eigenvalue weighted by Gasteiger charge is 2.33. The summed E-state index contributed by atoms with van der Waals surface area (Å²) in [6.07, 6.45) is -2.93. The Balaban J connectivity index is 1.45. The number of rotatable bonds is 3. The molecule has 210 valence electrons. The van der Waals surface area contributed by atoms with E-state index in [2.05, 4.69) is 5.32 Å². The minimum Gasteiger partial charge on any atom is -0.372 e. The van der Waals surface area contributed by atoms with Crippen LogP contribution < -0.4 is 15.1 Å². The zero-order valence-corrected chi connectivity index (χ0v) is 22.7. The molecule has 0 bridgehead atoms. The van der Waals surface area contributed by atoms with Gasteiger partial charge in [0, 0.05) is 56.8 Å². The van der Waals surface area contributed by atoms with E-state index in [0.29, 0.717) is 48.8 Å². The van der Waals surface area contributed by atoms with Crippen LogP contribution in [0.15, 0.2) is 60.7 Å².